The van der Waals surface area contributed by atoms with Crippen molar-refractivity contribution in [2.24, 2.45) is 10.3 Å². The van der Waals surface area contributed by atoms with E-state index in [1.165, 1.54) is 39.7 Å². The van der Waals surface area contributed by atoms with Crippen LogP contribution in [0.2, 0.25) is 0 Å². The first kappa shape index (κ1) is 19.0. The molecule has 0 saturated carbocycles. The third kappa shape index (κ3) is 4.41. The van der Waals surface area contributed by atoms with E-state index in [9.17, 15) is 4.79 Å². The molecule has 8 nitrogen and oxygen atoms in total. The monoisotopic (exact) mass is 359 g/mol. The first-order valence-corrected chi connectivity index (χ1v) is 7.83. The lowest BCUT2D eigenvalue weighted by Crippen LogP contribution is -2.18. The van der Waals surface area contributed by atoms with Crippen molar-refractivity contribution in [2.75, 3.05) is 21.3 Å². The Morgan fingerprint density at radius 1 is 1.23 bits per heavy atom. The summed E-state index contributed by atoms with van der Waals surface area (Å²) in [7, 11) is 4.44. The maximum atomic E-state index is 12.3. The minimum absolute atomic E-state index is 0.314. The maximum Gasteiger partial charge on any atom is 0.271 e. The van der Waals surface area contributed by atoms with Crippen LogP contribution in [0.5, 0.6) is 17.2 Å². The minimum Gasteiger partial charge on any atom is -0.493 e. The van der Waals surface area contributed by atoms with Gasteiger partial charge in [0.05, 0.1) is 27.0 Å². The van der Waals surface area contributed by atoms with Crippen molar-refractivity contribution >= 4 is 17.8 Å². The van der Waals surface area contributed by atoms with E-state index in [4.69, 9.17) is 19.4 Å². The molecule has 2 rings (SSSR count). The highest BCUT2D eigenvalue weighted by Gasteiger charge is 2.16. The standard InChI is InChI=1S/C18H21N3O5/c1-24-15-10-13(11-16(25-2)17(15)26-3)18(22)20-19-9-8-12-6-4-5-7-14(12)21-23/h4-6,9-11,23H,7-8H2,1-3H3,(H,20,22). The van der Waals surface area contributed by atoms with Gasteiger partial charge in [-0.3, -0.25) is 4.79 Å². The lowest BCUT2D eigenvalue weighted by molar-refractivity contribution is 0.0954. The summed E-state index contributed by atoms with van der Waals surface area (Å²) in [4.78, 5) is 12.3. The van der Waals surface area contributed by atoms with Gasteiger partial charge in [0.2, 0.25) is 5.75 Å². The first-order valence-electron chi connectivity index (χ1n) is 7.83. The number of carbonyl (C=O) groups is 1. The minimum atomic E-state index is -0.422. The van der Waals surface area contributed by atoms with Crippen molar-refractivity contribution in [3.63, 3.8) is 0 Å². The highest BCUT2D eigenvalue weighted by molar-refractivity contribution is 6.04. The fraction of sp³-hybridized carbons (Fsp3) is 0.278. The number of hydrogen-bond acceptors (Lipinski definition) is 7. The SMILES string of the molecule is COc1cc(C(=O)NN=CCC2=CC=CCC2=NO)cc(OC)c1OC. The molecule has 0 atom stereocenters. The van der Waals surface area contributed by atoms with Crippen LogP contribution in [0.1, 0.15) is 23.2 Å². The number of methoxy groups -OCH3 is 3. The van der Waals surface area contributed by atoms with E-state index >= 15 is 0 Å². The Kier molecular flexibility index (Phi) is 6.78. The highest BCUT2D eigenvalue weighted by Crippen LogP contribution is 2.38. The van der Waals surface area contributed by atoms with Gasteiger partial charge in [0.15, 0.2) is 11.5 Å². The first-order chi connectivity index (χ1) is 12.6. The summed E-state index contributed by atoms with van der Waals surface area (Å²) in [6, 6.07) is 3.08. The van der Waals surface area contributed by atoms with Crippen molar-refractivity contribution in [3.8, 4) is 17.2 Å². The highest BCUT2D eigenvalue weighted by atomic mass is 16.5. The molecule has 0 spiro atoms. The molecule has 1 aromatic carbocycles. The molecule has 0 bridgehead atoms. The molecule has 1 aliphatic carbocycles. The van der Waals surface area contributed by atoms with E-state index in [2.05, 4.69) is 15.7 Å². The normalized spacial score (nSPS) is 15.0. The average Bonchev–Trinajstić information content (AvgIpc) is 2.69. The van der Waals surface area contributed by atoms with Crippen LogP contribution >= 0.6 is 0 Å². The number of benzene rings is 1. The number of ether oxygens (including phenoxy) is 3. The molecule has 0 heterocycles. The van der Waals surface area contributed by atoms with Crippen LogP contribution in [0.15, 0.2) is 46.2 Å². The number of nitrogens with one attached hydrogen (secondary N) is 1. The summed E-state index contributed by atoms with van der Waals surface area (Å²) in [6.45, 7) is 0. The molecule has 138 valence electrons. The van der Waals surface area contributed by atoms with Gasteiger partial charge in [0, 0.05) is 24.6 Å². The number of carbonyl (C=O) groups excluding carboxylic acids is 1. The zero-order valence-corrected chi connectivity index (χ0v) is 14.9. The second-order valence-corrected chi connectivity index (χ2v) is 5.24. The Morgan fingerprint density at radius 2 is 1.92 bits per heavy atom. The largest absolute Gasteiger partial charge is 0.493 e. The molecule has 1 amide bonds. The molecular weight excluding hydrogens is 338 g/mol. The third-order valence-electron chi connectivity index (χ3n) is 3.73. The number of oxime groups is 1. The molecule has 0 aliphatic heterocycles. The van der Waals surface area contributed by atoms with Crippen molar-refractivity contribution in [1.29, 1.82) is 0 Å². The summed E-state index contributed by atoms with van der Waals surface area (Å²) < 4.78 is 15.7. The smallest absolute Gasteiger partial charge is 0.271 e. The Balaban J connectivity index is 2.06. The predicted molar refractivity (Wildman–Crippen MR) is 97.7 cm³/mol. The van der Waals surface area contributed by atoms with E-state index in [0.717, 1.165) is 5.57 Å². The van der Waals surface area contributed by atoms with Gasteiger partial charge < -0.3 is 19.4 Å². The maximum absolute atomic E-state index is 12.3. The van der Waals surface area contributed by atoms with Gasteiger partial charge in [0.25, 0.3) is 5.91 Å². The predicted octanol–water partition coefficient (Wildman–Crippen LogP) is 2.53. The molecule has 1 aliphatic rings. The number of allylic oxidation sites excluding steroid dienone is 4. The molecule has 0 unspecified atom stereocenters. The average molecular weight is 359 g/mol. The van der Waals surface area contributed by atoms with Crippen LogP contribution in [-0.4, -0.2) is 44.4 Å². The second kappa shape index (κ2) is 9.26. The summed E-state index contributed by atoms with van der Waals surface area (Å²) in [5, 5.41) is 16.1. The second-order valence-electron chi connectivity index (χ2n) is 5.24. The lowest BCUT2D eigenvalue weighted by atomic mass is 10.0. The van der Waals surface area contributed by atoms with Gasteiger partial charge in [-0.15, -0.1) is 0 Å². The number of nitrogens with zero attached hydrogens (tertiary/aromatic N) is 2. The van der Waals surface area contributed by atoms with E-state index in [1.54, 1.807) is 0 Å². The van der Waals surface area contributed by atoms with Crippen LogP contribution in [0.4, 0.5) is 0 Å². The summed E-state index contributed by atoms with van der Waals surface area (Å²) >= 11 is 0. The van der Waals surface area contributed by atoms with Gasteiger partial charge in [0.1, 0.15) is 0 Å². The fourth-order valence-electron chi connectivity index (χ4n) is 2.41. The molecule has 26 heavy (non-hydrogen) atoms. The van der Waals surface area contributed by atoms with Gasteiger partial charge in [-0.2, -0.15) is 5.10 Å². The molecule has 0 aromatic heterocycles. The van der Waals surface area contributed by atoms with E-state index in [-0.39, 0.29) is 0 Å². The van der Waals surface area contributed by atoms with Gasteiger partial charge >= 0.3 is 0 Å². The Morgan fingerprint density at radius 3 is 2.50 bits per heavy atom. The molecule has 0 fully saturated rings. The van der Waals surface area contributed by atoms with Crippen LogP contribution < -0.4 is 19.6 Å². The van der Waals surface area contributed by atoms with E-state index < -0.39 is 5.91 Å². The molecule has 0 saturated heterocycles. The Bertz CT molecular complexity index is 756. The number of hydrogen-bond donors (Lipinski definition) is 2. The lowest BCUT2D eigenvalue weighted by Gasteiger charge is -2.13. The van der Waals surface area contributed by atoms with Crippen LogP contribution in [-0.2, 0) is 0 Å². The van der Waals surface area contributed by atoms with Crippen molar-refractivity contribution in [1.82, 2.24) is 5.43 Å². The van der Waals surface area contributed by atoms with Crippen molar-refractivity contribution < 1.29 is 24.2 Å². The van der Waals surface area contributed by atoms with Crippen molar-refractivity contribution in [2.45, 2.75) is 12.8 Å². The quantitative estimate of drug-likeness (QED) is 0.442. The molecule has 0 radical (unpaired) electrons. The Hall–Kier alpha value is -3.29. The number of hydrazone groups is 1. The zero-order chi connectivity index (χ0) is 18.9. The zero-order valence-electron chi connectivity index (χ0n) is 14.9. The third-order valence-corrected chi connectivity index (χ3v) is 3.73. The summed E-state index contributed by atoms with van der Waals surface area (Å²) in [5.41, 5.74) is 4.17. The Labute approximate surface area is 151 Å². The van der Waals surface area contributed by atoms with Crippen LogP contribution in [0.3, 0.4) is 0 Å². The summed E-state index contributed by atoms with van der Waals surface area (Å²) in [5.74, 6) is 0.741. The topological polar surface area (TPSA) is 102 Å². The number of rotatable bonds is 7. The molecule has 8 heteroatoms. The van der Waals surface area contributed by atoms with E-state index in [0.29, 0.717) is 41.4 Å². The van der Waals surface area contributed by atoms with E-state index in [1.807, 2.05) is 18.2 Å². The number of amides is 1. The summed E-state index contributed by atoms with van der Waals surface area (Å²) in [6.07, 6.45) is 8.14. The molecule has 1 aromatic rings. The van der Waals surface area contributed by atoms with Gasteiger partial charge in [-0.25, -0.2) is 5.43 Å². The fourth-order valence-corrected chi connectivity index (χ4v) is 2.41. The van der Waals surface area contributed by atoms with Crippen LogP contribution in [0, 0.1) is 0 Å². The van der Waals surface area contributed by atoms with Crippen molar-refractivity contribution in [3.05, 3.63) is 41.5 Å². The van der Waals surface area contributed by atoms with Crippen LogP contribution in [0.25, 0.3) is 0 Å². The van der Waals surface area contributed by atoms with Gasteiger partial charge in [-0.1, -0.05) is 23.4 Å². The van der Waals surface area contributed by atoms with Gasteiger partial charge in [-0.05, 0) is 17.7 Å². The molecular formula is C18H21N3O5. The molecule has 2 N–H and O–H groups in total.